The van der Waals surface area contributed by atoms with Gasteiger partial charge in [-0.15, -0.1) is 0 Å². The SMILES string of the molecule is COCC(C)CNc1ccc(N)cc1F. The second-order valence-electron chi connectivity index (χ2n) is 3.68. The molecule has 0 amide bonds. The molecule has 4 heteroatoms. The molecule has 0 radical (unpaired) electrons. The highest BCUT2D eigenvalue weighted by Gasteiger charge is 2.04. The zero-order valence-electron chi connectivity index (χ0n) is 9.09. The Morgan fingerprint density at radius 3 is 2.87 bits per heavy atom. The van der Waals surface area contributed by atoms with Crippen LogP contribution in [0.5, 0.6) is 0 Å². The lowest BCUT2D eigenvalue weighted by Crippen LogP contribution is -2.16. The maximum Gasteiger partial charge on any atom is 0.148 e. The van der Waals surface area contributed by atoms with Crippen molar-refractivity contribution in [1.29, 1.82) is 0 Å². The first-order valence-corrected chi connectivity index (χ1v) is 4.91. The Morgan fingerprint density at radius 1 is 1.53 bits per heavy atom. The van der Waals surface area contributed by atoms with E-state index < -0.39 is 0 Å². The number of rotatable bonds is 5. The standard InChI is InChI=1S/C11H17FN2O/c1-8(7-15-2)6-14-11-4-3-9(13)5-10(11)12/h3-5,8,14H,6-7,13H2,1-2H3. The molecule has 1 unspecified atom stereocenters. The first kappa shape index (κ1) is 11.8. The van der Waals surface area contributed by atoms with Crippen LogP contribution in [-0.4, -0.2) is 20.3 Å². The Labute approximate surface area is 89.4 Å². The van der Waals surface area contributed by atoms with Crippen LogP contribution in [0.1, 0.15) is 6.92 Å². The monoisotopic (exact) mass is 212 g/mol. The molecule has 0 aliphatic rings. The van der Waals surface area contributed by atoms with Gasteiger partial charge in [0, 0.05) is 19.3 Å². The Morgan fingerprint density at radius 2 is 2.27 bits per heavy atom. The third-order valence-corrected chi connectivity index (χ3v) is 2.09. The van der Waals surface area contributed by atoms with Gasteiger partial charge in [-0.1, -0.05) is 6.92 Å². The summed E-state index contributed by atoms with van der Waals surface area (Å²) in [6.07, 6.45) is 0. The van der Waals surface area contributed by atoms with Crippen LogP contribution in [0.3, 0.4) is 0 Å². The first-order chi connectivity index (χ1) is 7.13. The number of halogens is 1. The summed E-state index contributed by atoms with van der Waals surface area (Å²) in [4.78, 5) is 0. The fraction of sp³-hybridized carbons (Fsp3) is 0.455. The second-order valence-corrected chi connectivity index (χ2v) is 3.68. The Hall–Kier alpha value is -1.29. The summed E-state index contributed by atoms with van der Waals surface area (Å²) in [5.41, 5.74) is 6.36. The molecular formula is C11H17FN2O. The smallest absolute Gasteiger partial charge is 0.148 e. The van der Waals surface area contributed by atoms with Gasteiger partial charge in [-0.25, -0.2) is 4.39 Å². The Bertz CT molecular complexity index is 317. The second kappa shape index (κ2) is 5.56. The molecular weight excluding hydrogens is 195 g/mol. The van der Waals surface area contributed by atoms with Crippen LogP contribution in [0.2, 0.25) is 0 Å². The minimum atomic E-state index is -0.320. The maximum atomic E-state index is 13.3. The van der Waals surface area contributed by atoms with E-state index in [0.29, 0.717) is 30.4 Å². The van der Waals surface area contributed by atoms with E-state index in [2.05, 4.69) is 5.32 Å². The minimum absolute atomic E-state index is 0.320. The van der Waals surface area contributed by atoms with Crippen molar-refractivity contribution in [1.82, 2.24) is 0 Å². The predicted molar refractivity (Wildman–Crippen MR) is 60.3 cm³/mol. The number of hydrogen-bond donors (Lipinski definition) is 2. The molecule has 0 saturated carbocycles. The molecule has 1 rings (SSSR count). The third-order valence-electron chi connectivity index (χ3n) is 2.09. The lowest BCUT2D eigenvalue weighted by Gasteiger charge is -2.13. The van der Waals surface area contributed by atoms with Crippen molar-refractivity contribution >= 4 is 11.4 Å². The summed E-state index contributed by atoms with van der Waals surface area (Å²) in [7, 11) is 1.65. The van der Waals surface area contributed by atoms with Gasteiger partial charge in [0.15, 0.2) is 0 Å². The molecule has 1 atom stereocenters. The number of anilines is 2. The third kappa shape index (κ3) is 3.75. The molecule has 0 aromatic heterocycles. The highest BCUT2D eigenvalue weighted by molar-refractivity contribution is 5.52. The molecule has 0 bridgehead atoms. The van der Waals surface area contributed by atoms with Gasteiger partial charge < -0.3 is 15.8 Å². The summed E-state index contributed by atoms with van der Waals surface area (Å²) >= 11 is 0. The van der Waals surface area contributed by atoms with E-state index >= 15 is 0 Å². The van der Waals surface area contributed by atoms with Crippen molar-refractivity contribution in [2.24, 2.45) is 5.92 Å². The van der Waals surface area contributed by atoms with Gasteiger partial charge in [0.2, 0.25) is 0 Å². The van der Waals surface area contributed by atoms with Crippen LogP contribution in [0, 0.1) is 11.7 Å². The molecule has 0 spiro atoms. The average Bonchev–Trinajstić information content (AvgIpc) is 2.17. The molecule has 0 saturated heterocycles. The van der Waals surface area contributed by atoms with Gasteiger partial charge in [-0.3, -0.25) is 0 Å². The summed E-state index contributed by atoms with van der Waals surface area (Å²) in [5.74, 6) is 0.0200. The maximum absolute atomic E-state index is 13.3. The van der Waals surface area contributed by atoms with Crippen molar-refractivity contribution in [3.8, 4) is 0 Å². The van der Waals surface area contributed by atoms with E-state index in [1.54, 1.807) is 19.2 Å². The zero-order chi connectivity index (χ0) is 11.3. The van der Waals surface area contributed by atoms with Crippen molar-refractivity contribution < 1.29 is 9.13 Å². The minimum Gasteiger partial charge on any atom is -0.399 e. The van der Waals surface area contributed by atoms with Crippen LogP contribution >= 0.6 is 0 Å². The summed E-state index contributed by atoms with van der Waals surface area (Å²) in [6.45, 7) is 3.37. The predicted octanol–water partition coefficient (Wildman–Crippen LogP) is 2.10. The lowest BCUT2D eigenvalue weighted by molar-refractivity contribution is 0.164. The number of methoxy groups -OCH3 is 1. The van der Waals surface area contributed by atoms with Crippen molar-refractivity contribution in [3.63, 3.8) is 0 Å². The molecule has 1 aromatic carbocycles. The van der Waals surface area contributed by atoms with Gasteiger partial charge in [0.1, 0.15) is 5.82 Å². The van der Waals surface area contributed by atoms with Crippen LogP contribution in [-0.2, 0) is 4.74 Å². The molecule has 3 nitrogen and oxygen atoms in total. The van der Waals surface area contributed by atoms with Crippen LogP contribution < -0.4 is 11.1 Å². The van der Waals surface area contributed by atoms with Gasteiger partial charge >= 0.3 is 0 Å². The van der Waals surface area contributed by atoms with Crippen molar-refractivity contribution in [2.45, 2.75) is 6.92 Å². The van der Waals surface area contributed by atoms with Gasteiger partial charge in [0.05, 0.1) is 12.3 Å². The fourth-order valence-electron chi connectivity index (χ4n) is 1.30. The highest BCUT2D eigenvalue weighted by Crippen LogP contribution is 2.17. The van der Waals surface area contributed by atoms with Crippen molar-refractivity contribution in [2.75, 3.05) is 31.3 Å². The lowest BCUT2D eigenvalue weighted by atomic mass is 10.2. The van der Waals surface area contributed by atoms with E-state index in [9.17, 15) is 4.39 Å². The van der Waals surface area contributed by atoms with Gasteiger partial charge in [-0.05, 0) is 24.1 Å². The van der Waals surface area contributed by atoms with Gasteiger partial charge in [-0.2, -0.15) is 0 Å². The summed E-state index contributed by atoms with van der Waals surface area (Å²) in [5, 5.41) is 3.01. The van der Waals surface area contributed by atoms with Gasteiger partial charge in [0.25, 0.3) is 0 Å². The quantitative estimate of drug-likeness (QED) is 0.735. The topological polar surface area (TPSA) is 47.3 Å². The summed E-state index contributed by atoms with van der Waals surface area (Å²) < 4.78 is 18.3. The van der Waals surface area contributed by atoms with E-state index in [1.807, 2.05) is 6.92 Å². The average molecular weight is 212 g/mol. The number of benzene rings is 1. The first-order valence-electron chi connectivity index (χ1n) is 4.91. The summed E-state index contributed by atoms with van der Waals surface area (Å²) in [6, 6.07) is 4.62. The number of ether oxygens (including phenoxy) is 1. The van der Waals surface area contributed by atoms with E-state index in [1.165, 1.54) is 6.07 Å². The number of nitrogens with one attached hydrogen (secondary N) is 1. The van der Waals surface area contributed by atoms with E-state index in [4.69, 9.17) is 10.5 Å². The van der Waals surface area contributed by atoms with Crippen LogP contribution in [0.4, 0.5) is 15.8 Å². The normalized spacial score (nSPS) is 12.5. The molecule has 0 aliphatic heterocycles. The molecule has 0 aliphatic carbocycles. The van der Waals surface area contributed by atoms with Crippen LogP contribution in [0.15, 0.2) is 18.2 Å². The highest BCUT2D eigenvalue weighted by atomic mass is 19.1. The molecule has 3 N–H and O–H groups in total. The Balaban J connectivity index is 2.50. The van der Waals surface area contributed by atoms with Crippen molar-refractivity contribution in [3.05, 3.63) is 24.0 Å². The molecule has 0 heterocycles. The van der Waals surface area contributed by atoms with E-state index in [-0.39, 0.29) is 5.82 Å². The largest absolute Gasteiger partial charge is 0.399 e. The fourth-order valence-corrected chi connectivity index (χ4v) is 1.30. The molecule has 1 aromatic rings. The molecule has 0 fully saturated rings. The number of nitrogens with two attached hydrogens (primary N) is 1. The molecule has 84 valence electrons. The number of hydrogen-bond acceptors (Lipinski definition) is 3. The Kier molecular flexibility index (Phi) is 4.37. The van der Waals surface area contributed by atoms with Crippen LogP contribution in [0.25, 0.3) is 0 Å². The molecule has 15 heavy (non-hydrogen) atoms. The van der Waals surface area contributed by atoms with E-state index in [0.717, 1.165) is 0 Å². The number of nitrogen functional groups attached to an aromatic ring is 1. The zero-order valence-corrected chi connectivity index (χ0v) is 9.09.